The monoisotopic (exact) mass is 364 g/mol. The fourth-order valence-corrected chi connectivity index (χ4v) is 2.86. The molecule has 0 radical (unpaired) electrons. The highest BCUT2D eigenvalue weighted by Crippen LogP contribution is 2.26. The van der Waals surface area contributed by atoms with Gasteiger partial charge in [0.05, 0.1) is 13.0 Å². The molecule has 0 spiro atoms. The zero-order valence-corrected chi connectivity index (χ0v) is 15.6. The molecule has 0 aliphatic rings. The number of hydrogen-bond acceptors (Lipinski definition) is 5. The largest absolute Gasteiger partial charge is 0.496 e. The quantitative estimate of drug-likeness (QED) is 0.693. The number of nitrogens with zero attached hydrogens (tertiary/aromatic N) is 4. The molecule has 1 N–H and O–H groups in total. The van der Waals surface area contributed by atoms with Crippen molar-refractivity contribution in [2.24, 2.45) is 0 Å². The maximum Gasteiger partial charge on any atom is 0.232 e. The van der Waals surface area contributed by atoms with Gasteiger partial charge in [-0.2, -0.15) is 5.21 Å². The minimum atomic E-state index is -0.624. The normalized spacial score (nSPS) is 12.0. The molecule has 140 valence electrons. The van der Waals surface area contributed by atoms with Crippen LogP contribution < -0.4 is 15.2 Å². The van der Waals surface area contributed by atoms with Crippen molar-refractivity contribution in [3.05, 3.63) is 65.5 Å². The summed E-state index contributed by atoms with van der Waals surface area (Å²) in [6, 6.07) is 15.4. The molecule has 1 amide bonds. The van der Waals surface area contributed by atoms with Crippen LogP contribution in [0.25, 0.3) is 0 Å². The minimum Gasteiger partial charge on any atom is -0.496 e. The Bertz CT molecular complexity index is 876. The van der Waals surface area contributed by atoms with E-state index in [0.717, 1.165) is 11.3 Å². The molecule has 0 saturated heterocycles. The number of benzene rings is 2. The number of methoxy groups -OCH3 is 1. The van der Waals surface area contributed by atoms with Crippen molar-refractivity contribution in [1.29, 1.82) is 0 Å². The second-order valence-corrected chi connectivity index (χ2v) is 6.57. The predicted molar refractivity (Wildman–Crippen MR) is 102 cm³/mol. The fourth-order valence-electron chi connectivity index (χ4n) is 2.86. The Morgan fingerprint density at radius 3 is 2.52 bits per heavy atom. The summed E-state index contributed by atoms with van der Waals surface area (Å²) in [5.74, 6) is 0.596. The van der Waals surface area contributed by atoms with Gasteiger partial charge in [0.1, 0.15) is 5.75 Å². The minimum absolute atomic E-state index is 0.215. The molecular formula is C20H22N5O2-. The van der Waals surface area contributed by atoms with Gasteiger partial charge in [0.25, 0.3) is 0 Å². The maximum absolute atomic E-state index is 12.9. The first-order valence-corrected chi connectivity index (χ1v) is 8.79. The zero-order valence-electron chi connectivity index (χ0n) is 15.6. The summed E-state index contributed by atoms with van der Waals surface area (Å²) in [4.78, 5) is 12.9. The third-order valence-electron chi connectivity index (χ3n) is 4.42. The number of para-hydroxylation sites is 1. The van der Waals surface area contributed by atoms with Crippen LogP contribution in [0, 0.1) is 0 Å². The van der Waals surface area contributed by atoms with Crippen LogP contribution in [0.3, 0.4) is 0 Å². The summed E-state index contributed by atoms with van der Waals surface area (Å²) >= 11 is 0. The topological polar surface area (TPSA) is 91.1 Å². The third kappa shape index (κ3) is 4.49. The fraction of sp³-hybridized carbons (Fsp3) is 0.300. The highest BCUT2D eigenvalue weighted by atomic mass is 16.5. The molecule has 2 aromatic carbocycles. The van der Waals surface area contributed by atoms with E-state index in [1.165, 1.54) is 5.56 Å². The molecule has 1 atom stereocenters. The first-order valence-electron chi connectivity index (χ1n) is 8.79. The molecule has 3 rings (SSSR count). The standard InChI is InChI=1S/C20H23N5O2/c1-13(2)14-8-10-16(11-9-14)21-20(26)17(19-22-24-25-23-19)12-15-6-4-5-7-18(15)27-3/h4-11,13,17H,12H2,1-3H3,(H2,21,22,23,24,25,26)/p-1/t17-/m1/s1. The van der Waals surface area contributed by atoms with Gasteiger partial charge in [0.15, 0.2) is 0 Å². The van der Waals surface area contributed by atoms with Crippen molar-refractivity contribution in [2.75, 3.05) is 12.4 Å². The summed E-state index contributed by atoms with van der Waals surface area (Å²) in [5, 5.41) is 17.8. The van der Waals surface area contributed by atoms with Gasteiger partial charge in [-0.15, -0.1) is 0 Å². The van der Waals surface area contributed by atoms with Crippen molar-refractivity contribution < 1.29 is 9.53 Å². The SMILES string of the molecule is COc1ccccc1C[C@@H](C(=O)Nc1ccc(C(C)C)cc1)c1nnn[n-]1. The van der Waals surface area contributed by atoms with Crippen LogP contribution >= 0.6 is 0 Å². The molecule has 3 aromatic rings. The number of aromatic nitrogens is 4. The number of ether oxygens (including phenoxy) is 1. The van der Waals surface area contributed by atoms with Crippen LogP contribution in [-0.2, 0) is 11.2 Å². The molecule has 7 nitrogen and oxygen atoms in total. The molecule has 0 bridgehead atoms. The van der Waals surface area contributed by atoms with Gasteiger partial charge in [-0.25, -0.2) is 0 Å². The van der Waals surface area contributed by atoms with E-state index >= 15 is 0 Å². The molecule has 0 aliphatic carbocycles. The molecule has 0 unspecified atom stereocenters. The van der Waals surface area contributed by atoms with Crippen molar-refractivity contribution in [3.8, 4) is 5.75 Å². The van der Waals surface area contributed by atoms with E-state index in [4.69, 9.17) is 4.74 Å². The summed E-state index contributed by atoms with van der Waals surface area (Å²) in [6.07, 6.45) is 0.382. The van der Waals surface area contributed by atoms with Crippen LogP contribution in [0.2, 0.25) is 0 Å². The van der Waals surface area contributed by atoms with Gasteiger partial charge in [0.2, 0.25) is 5.91 Å². The molecular weight excluding hydrogens is 342 g/mol. The first kappa shape index (κ1) is 18.6. The molecule has 7 heteroatoms. The lowest BCUT2D eigenvalue weighted by Gasteiger charge is -2.18. The molecule has 0 saturated carbocycles. The van der Waals surface area contributed by atoms with E-state index in [1.807, 2.05) is 48.5 Å². The first-order chi connectivity index (χ1) is 13.1. The summed E-state index contributed by atoms with van der Waals surface area (Å²) in [6.45, 7) is 4.26. The average molecular weight is 364 g/mol. The number of nitrogens with one attached hydrogen (secondary N) is 1. The van der Waals surface area contributed by atoms with E-state index < -0.39 is 5.92 Å². The van der Waals surface area contributed by atoms with Crippen LogP contribution in [0.4, 0.5) is 5.69 Å². The summed E-state index contributed by atoms with van der Waals surface area (Å²) in [7, 11) is 1.60. The van der Waals surface area contributed by atoms with Gasteiger partial charge in [-0.05, 0) is 41.7 Å². The second kappa shape index (κ2) is 8.44. The van der Waals surface area contributed by atoms with E-state index in [0.29, 0.717) is 18.1 Å². The number of rotatable bonds is 7. The Kier molecular flexibility index (Phi) is 5.80. The van der Waals surface area contributed by atoms with Crippen molar-refractivity contribution in [2.45, 2.75) is 32.1 Å². The van der Waals surface area contributed by atoms with Gasteiger partial charge in [-0.1, -0.05) is 44.2 Å². The van der Waals surface area contributed by atoms with Gasteiger partial charge in [-0.3, -0.25) is 15.1 Å². The summed E-state index contributed by atoms with van der Waals surface area (Å²) in [5.41, 5.74) is 2.83. The molecule has 1 aromatic heterocycles. The highest BCUT2D eigenvalue weighted by molar-refractivity contribution is 5.95. The van der Waals surface area contributed by atoms with E-state index in [9.17, 15) is 4.79 Å². The number of anilines is 1. The number of tetrazole rings is 1. The Balaban J connectivity index is 1.81. The van der Waals surface area contributed by atoms with Crippen LogP contribution in [0.1, 0.15) is 42.6 Å². The second-order valence-electron chi connectivity index (χ2n) is 6.57. The number of hydrogen-bond donors (Lipinski definition) is 1. The van der Waals surface area contributed by atoms with Crippen LogP contribution in [0.5, 0.6) is 5.75 Å². The molecule has 0 aliphatic heterocycles. The predicted octanol–water partition coefficient (Wildman–Crippen LogP) is 2.93. The van der Waals surface area contributed by atoms with Gasteiger partial charge < -0.3 is 15.2 Å². The van der Waals surface area contributed by atoms with Gasteiger partial charge in [0, 0.05) is 11.5 Å². The van der Waals surface area contributed by atoms with Crippen LogP contribution in [0.15, 0.2) is 48.5 Å². The smallest absolute Gasteiger partial charge is 0.232 e. The molecule has 27 heavy (non-hydrogen) atoms. The number of amides is 1. The summed E-state index contributed by atoms with van der Waals surface area (Å²) < 4.78 is 5.39. The Hall–Kier alpha value is -3.22. The van der Waals surface area contributed by atoms with Crippen molar-refractivity contribution in [3.63, 3.8) is 0 Å². The molecule has 1 heterocycles. The van der Waals surface area contributed by atoms with Crippen LogP contribution in [-0.4, -0.2) is 28.5 Å². The number of carbonyl (C=O) groups excluding carboxylic acids is 1. The zero-order chi connectivity index (χ0) is 19.2. The van der Waals surface area contributed by atoms with E-state index in [1.54, 1.807) is 7.11 Å². The van der Waals surface area contributed by atoms with Crippen molar-refractivity contribution >= 4 is 11.6 Å². The third-order valence-corrected chi connectivity index (χ3v) is 4.42. The van der Waals surface area contributed by atoms with Crippen molar-refractivity contribution in [1.82, 2.24) is 20.6 Å². The Labute approximate surface area is 158 Å². The maximum atomic E-state index is 12.9. The average Bonchev–Trinajstić information content (AvgIpc) is 3.21. The lowest BCUT2D eigenvalue weighted by atomic mass is 9.96. The Morgan fingerprint density at radius 1 is 1.15 bits per heavy atom. The highest BCUT2D eigenvalue weighted by Gasteiger charge is 2.22. The molecule has 0 fully saturated rings. The van der Waals surface area contributed by atoms with E-state index in [-0.39, 0.29) is 11.7 Å². The Morgan fingerprint density at radius 2 is 1.89 bits per heavy atom. The number of carbonyl (C=O) groups is 1. The van der Waals surface area contributed by atoms with E-state index in [2.05, 4.69) is 39.8 Å². The van der Waals surface area contributed by atoms with Gasteiger partial charge >= 0.3 is 0 Å². The lowest BCUT2D eigenvalue weighted by molar-refractivity contribution is -0.117. The lowest BCUT2D eigenvalue weighted by Crippen LogP contribution is -2.24.